The highest BCUT2D eigenvalue weighted by Crippen LogP contribution is 2.31. The van der Waals surface area contributed by atoms with E-state index in [4.69, 9.17) is 9.26 Å². The van der Waals surface area contributed by atoms with Crippen molar-refractivity contribution in [3.05, 3.63) is 60.7 Å². The number of hydrogen-bond acceptors (Lipinski definition) is 10. The van der Waals surface area contributed by atoms with Crippen LogP contribution in [0.1, 0.15) is 25.7 Å². The molecule has 4 aromatic rings. The average Bonchev–Trinajstić information content (AvgIpc) is 3.76. The van der Waals surface area contributed by atoms with E-state index in [9.17, 15) is 9.59 Å². The summed E-state index contributed by atoms with van der Waals surface area (Å²) in [5.74, 6) is 0.669. The Morgan fingerprint density at radius 3 is 1.42 bits per heavy atom. The summed E-state index contributed by atoms with van der Waals surface area (Å²) in [6, 6.07) is 19.0. The van der Waals surface area contributed by atoms with Gasteiger partial charge in [0.2, 0.25) is 23.5 Å². The van der Waals surface area contributed by atoms with Gasteiger partial charge in [-0.05, 0) is 33.5 Å². The maximum absolute atomic E-state index is 13.0. The Bertz CT molecular complexity index is 1300. The van der Waals surface area contributed by atoms with Crippen molar-refractivity contribution in [1.82, 2.24) is 30.4 Å². The summed E-state index contributed by atoms with van der Waals surface area (Å²) in [5.41, 5.74) is 2.61. The van der Waals surface area contributed by atoms with E-state index in [1.165, 1.54) is 0 Å². The number of nitrogens with zero attached hydrogens (tertiary/aromatic N) is 6. The molecule has 0 radical (unpaired) electrons. The predicted molar refractivity (Wildman–Crippen MR) is 136 cm³/mol. The molecule has 12 nitrogen and oxygen atoms in total. The molecule has 2 aromatic carbocycles. The molecule has 6 rings (SSSR count). The van der Waals surface area contributed by atoms with Crippen LogP contribution in [0.2, 0.25) is 0 Å². The van der Waals surface area contributed by atoms with Crippen LogP contribution in [0.3, 0.4) is 0 Å². The second-order valence-electron chi connectivity index (χ2n) is 9.21. The van der Waals surface area contributed by atoms with Crippen molar-refractivity contribution in [2.75, 3.05) is 23.7 Å². The maximum atomic E-state index is 13.0. The molecule has 2 aliphatic heterocycles. The van der Waals surface area contributed by atoms with Crippen molar-refractivity contribution in [1.29, 1.82) is 0 Å². The lowest BCUT2D eigenvalue weighted by atomic mass is 10.1. The zero-order chi connectivity index (χ0) is 25.9. The van der Waals surface area contributed by atoms with Crippen LogP contribution in [-0.4, -0.2) is 67.7 Å². The Balaban J connectivity index is 1.40. The Kier molecular flexibility index (Phi) is 6.42. The maximum Gasteiger partial charge on any atom is 0.224 e. The molecule has 12 heteroatoms. The van der Waals surface area contributed by atoms with Gasteiger partial charge in [0, 0.05) is 37.1 Å². The van der Waals surface area contributed by atoms with Gasteiger partial charge in [-0.15, -0.1) is 0 Å². The number of benzene rings is 2. The molecule has 2 aromatic heterocycles. The van der Waals surface area contributed by atoms with E-state index >= 15 is 0 Å². The molecular formula is C26H26N8O4. The lowest BCUT2D eigenvalue weighted by Gasteiger charge is -2.40. The number of carbonyl (C=O) groups excluding carboxylic acids is 2. The minimum atomic E-state index is -0.707. The van der Waals surface area contributed by atoms with Crippen LogP contribution in [0.25, 0.3) is 22.5 Å². The summed E-state index contributed by atoms with van der Waals surface area (Å²) < 4.78 is 10.2. The van der Waals surface area contributed by atoms with Gasteiger partial charge in [-0.25, -0.2) is 9.26 Å². The smallest absolute Gasteiger partial charge is 0.224 e. The Morgan fingerprint density at radius 1 is 0.632 bits per heavy atom. The highest BCUT2D eigenvalue weighted by molar-refractivity contribution is 5.82. The van der Waals surface area contributed by atoms with Crippen LogP contribution in [0.4, 0.5) is 11.6 Å². The minimum absolute atomic E-state index is 0.0276. The van der Waals surface area contributed by atoms with Crippen LogP contribution in [-0.2, 0) is 9.59 Å². The molecule has 4 heterocycles. The van der Waals surface area contributed by atoms with E-state index in [-0.39, 0.29) is 11.8 Å². The average molecular weight is 515 g/mol. The van der Waals surface area contributed by atoms with Crippen molar-refractivity contribution < 1.29 is 18.8 Å². The number of nitrogens with one attached hydrogen (secondary N) is 2. The van der Waals surface area contributed by atoms with Crippen molar-refractivity contribution in [3.63, 3.8) is 0 Å². The van der Waals surface area contributed by atoms with Gasteiger partial charge in [-0.3, -0.25) is 9.59 Å². The summed E-state index contributed by atoms with van der Waals surface area (Å²) in [7, 11) is 0. The number of rotatable bonds is 9. The number of hydrogen-bond donors (Lipinski definition) is 2. The van der Waals surface area contributed by atoms with Crippen LogP contribution < -0.4 is 10.6 Å². The first-order chi connectivity index (χ1) is 18.7. The van der Waals surface area contributed by atoms with Crippen LogP contribution in [0.5, 0.6) is 0 Å². The van der Waals surface area contributed by atoms with E-state index < -0.39 is 12.3 Å². The number of likely N-dealkylation sites (tertiary alicyclic amines) is 2. The summed E-state index contributed by atoms with van der Waals surface area (Å²) in [4.78, 5) is 29.5. The number of amides is 2. The standard InChI is InChI=1S/C26H26N8O4/c35-19-13-7-15-33(19)25(27-23-21(29-37-31-23)17-9-3-1-4-10-17)26(34-16-8-14-20(34)36)28-24-22(30-38-32-24)18-11-5-2-6-12-18/h1-6,9-12,25-26H,7-8,13-16H2,(H,27,31)(H,28,32). The fourth-order valence-electron chi connectivity index (χ4n) is 5.00. The Hall–Kier alpha value is -4.74. The lowest BCUT2D eigenvalue weighted by molar-refractivity contribution is -0.135. The normalized spacial score (nSPS) is 17.2. The summed E-state index contributed by atoms with van der Waals surface area (Å²) >= 11 is 0. The third-order valence-corrected chi connectivity index (χ3v) is 6.83. The quantitative estimate of drug-likeness (QED) is 0.342. The van der Waals surface area contributed by atoms with Crippen molar-refractivity contribution in [2.24, 2.45) is 0 Å². The first-order valence-corrected chi connectivity index (χ1v) is 12.6. The summed E-state index contributed by atoms with van der Waals surface area (Å²) in [5, 5.41) is 23.1. The van der Waals surface area contributed by atoms with Gasteiger partial charge >= 0.3 is 0 Å². The number of anilines is 2. The van der Waals surface area contributed by atoms with Gasteiger partial charge in [-0.2, -0.15) is 0 Å². The molecule has 2 saturated heterocycles. The van der Waals surface area contributed by atoms with Gasteiger partial charge < -0.3 is 20.4 Å². The molecule has 2 amide bonds. The van der Waals surface area contributed by atoms with E-state index in [1.54, 1.807) is 9.80 Å². The van der Waals surface area contributed by atoms with E-state index in [0.717, 1.165) is 11.1 Å². The first kappa shape index (κ1) is 23.6. The van der Waals surface area contributed by atoms with Crippen molar-refractivity contribution in [2.45, 2.75) is 38.0 Å². The van der Waals surface area contributed by atoms with Gasteiger partial charge in [0.05, 0.1) is 0 Å². The van der Waals surface area contributed by atoms with Crippen molar-refractivity contribution >= 4 is 23.5 Å². The first-order valence-electron chi connectivity index (χ1n) is 12.6. The number of aromatic nitrogens is 4. The van der Waals surface area contributed by atoms with Crippen LogP contribution >= 0.6 is 0 Å². The molecule has 38 heavy (non-hydrogen) atoms. The molecule has 194 valence electrons. The van der Waals surface area contributed by atoms with E-state index in [0.29, 0.717) is 61.8 Å². The van der Waals surface area contributed by atoms with Gasteiger partial charge in [0.15, 0.2) is 11.4 Å². The summed E-state index contributed by atoms with van der Waals surface area (Å²) in [6.45, 7) is 1.04. The zero-order valence-corrected chi connectivity index (χ0v) is 20.5. The largest absolute Gasteiger partial charge is 0.342 e. The second kappa shape index (κ2) is 10.3. The van der Waals surface area contributed by atoms with E-state index in [2.05, 4.69) is 31.3 Å². The third kappa shape index (κ3) is 4.56. The SMILES string of the molecule is O=C1CCCN1C(Nc1nonc1-c1ccccc1)C(Nc1nonc1-c1ccccc1)N1CCCC1=O. The molecular weight excluding hydrogens is 488 g/mol. The molecule has 2 unspecified atom stereocenters. The number of carbonyl (C=O) groups is 2. The monoisotopic (exact) mass is 514 g/mol. The Morgan fingerprint density at radius 2 is 1.05 bits per heavy atom. The molecule has 0 bridgehead atoms. The van der Waals surface area contributed by atoms with Crippen LogP contribution in [0, 0.1) is 0 Å². The second-order valence-corrected chi connectivity index (χ2v) is 9.21. The fourth-order valence-corrected chi connectivity index (χ4v) is 5.00. The van der Waals surface area contributed by atoms with Crippen LogP contribution in [0.15, 0.2) is 69.9 Å². The third-order valence-electron chi connectivity index (χ3n) is 6.83. The molecule has 0 saturated carbocycles. The lowest BCUT2D eigenvalue weighted by Crippen LogP contribution is -2.59. The molecule has 2 atom stereocenters. The molecule has 0 spiro atoms. The molecule has 0 aliphatic carbocycles. The van der Waals surface area contributed by atoms with Gasteiger partial charge in [-0.1, -0.05) is 60.7 Å². The highest BCUT2D eigenvalue weighted by Gasteiger charge is 2.41. The summed E-state index contributed by atoms with van der Waals surface area (Å²) in [6.07, 6.45) is 0.843. The fraction of sp³-hybridized carbons (Fsp3) is 0.308. The minimum Gasteiger partial charge on any atom is -0.342 e. The van der Waals surface area contributed by atoms with Gasteiger partial charge in [0.1, 0.15) is 12.3 Å². The van der Waals surface area contributed by atoms with Crippen molar-refractivity contribution in [3.8, 4) is 22.5 Å². The zero-order valence-electron chi connectivity index (χ0n) is 20.5. The Labute approximate surface area is 217 Å². The molecule has 2 N–H and O–H groups in total. The predicted octanol–water partition coefficient (Wildman–Crippen LogP) is 3.21. The topological polar surface area (TPSA) is 143 Å². The molecule has 2 aliphatic rings. The van der Waals surface area contributed by atoms with E-state index in [1.807, 2.05) is 60.7 Å². The highest BCUT2D eigenvalue weighted by atomic mass is 16.6. The molecule has 2 fully saturated rings. The van der Waals surface area contributed by atoms with Gasteiger partial charge in [0.25, 0.3) is 0 Å².